The van der Waals surface area contributed by atoms with Crippen LogP contribution in [0, 0.1) is 0 Å². The van der Waals surface area contributed by atoms with Gasteiger partial charge in [-0.1, -0.05) is 50.0 Å². The fourth-order valence-corrected chi connectivity index (χ4v) is 6.60. The third kappa shape index (κ3) is 9.93. The normalized spacial score (nSPS) is 15.8. The maximum absolute atomic E-state index is 13.4. The van der Waals surface area contributed by atoms with Gasteiger partial charge in [-0.2, -0.15) is 10.00 Å². The zero-order chi connectivity index (χ0) is 37.1. The summed E-state index contributed by atoms with van der Waals surface area (Å²) >= 11 is 0. The molecule has 3 N–H and O–H groups in total. The lowest BCUT2D eigenvalue weighted by Gasteiger charge is -2.41. The van der Waals surface area contributed by atoms with Crippen LogP contribution < -0.4 is 10.5 Å². The van der Waals surface area contributed by atoms with Crippen molar-refractivity contribution in [2.24, 2.45) is 0 Å². The first kappa shape index (κ1) is 37.9. The molecule has 0 aliphatic carbocycles. The Morgan fingerprint density at radius 1 is 1.02 bits per heavy atom. The van der Waals surface area contributed by atoms with Gasteiger partial charge in [0, 0.05) is 18.7 Å². The van der Waals surface area contributed by atoms with Gasteiger partial charge in [0.2, 0.25) is 0 Å². The minimum absolute atomic E-state index is 0.184. The molecule has 1 saturated heterocycles. The highest BCUT2D eigenvalue weighted by atomic mass is 16.6. The van der Waals surface area contributed by atoms with Crippen molar-refractivity contribution in [2.75, 3.05) is 18.8 Å². The smallest absolute Gasteiger partial charge is 0.421 e. The molecule has 2 amide bonds. The Balaban J connectivity index is 1.38. The zero-order valence-electron chi connectivity index (χ0n) is 30.2. The van der Waals surface area contributed by atoms with Crippen molar-refractivity contribution in [3.63, 3.8) is 0 Å². The van der Waals surface area contributed by atoms with Crippen molar-refractivity contribution in [2.45, 2.75) is 96.4 Å². The maximum Gasteiger partial charge on any atom is 0.421 e. The molecule has 2 aromatic heterocycles. The highest BCUT2D eigenvalue weighted by molar-refractivity contribution is 5.98. The van der Waals surface area contributed by atoms with Crippen molar-refractivity contribution < 1.29 is 29.0 Å². The molecule has 0 spiro atoms. The second-order valence-electron chi connectivity index (χ2n) is 14.0. The van der Waals surface area contributed by atoms with Crippen molar-refractivity contribution in [1.29, 1.82) is 0 Å². The summed E-state index contributed by atoms with van der Waals surface area (Å²) in [5.41, 5.74) is 7.61. The third-order valence-corrected chi connectivity index (χ3v) is 8.96. The summed E-state index contributed by atoms with van der Waals surface area (Å²) in [6, 6.07) is 17.0. The number of nitrogens with zero attached hydrogens (tertiary/aromatic N) is 6. The first-order valence-corrected chi connectivity index (χ1v) is 18.0. The number of para-hydroxylation sites is 1. The van der Waals surface area contributed by atoms with Crippen LogP contribution in [0.5, 0.6) is 11.5 Å². The van der Waals surface area contributed by atoms with Gasteiger partial charge in [-0.25, -0.2) is 24.2 Å². The number of piperidine rings is 1. The van der Waals surface area contributed by atoms with E-state index in [9.17, 15) is 19.5 Å². The molecule has 0 saturated carbocycles. The minimum Gasteiger partial charge on any atom is -0.464 e. The van der Waals surface area contributed by atoms with E-state index in [1.54, 1.807) is 20.8 Å². The number of hydrogen-bond donors (Lipinski definition) is 2. The first-order valence-electron chi connectivity index (χ1n) is 18.0. The number of rotatable bonds is 15. The van der Waals surface area contributed by atoms with E-state index in [1.165, 1.54) is 12.4 Å². The minimum atomic E-state index is -1.35. The van der Waals surface area contributed by atoms with Crippen molar-refractivity contribution in [3.05, 3.63) is 73.1 Å². The summed E-state index contributed by atoms with van der Waals surface area (Å²) in [6.45, 7) is 6.20. The molecular weight excluding hydrogens is 662 g/mol. The lowest BCUT2D eigenvalue weighted by atomic mass is 10.0. The van der Waals surface area contributed by atoms with E-state index in [0.717, 1.165) is 73.9 Å². The molecule has 1 aliphatic rings. The van der Waals surface area contributed by atoms with Gasteiger partial charge in [0.05, 0.1) is 17.6 Å². The topological polar surface area (TPSA) is 166 Å². The highest BCUT2D eigenvalue weighted by Crippen LogP contribution is 2.36. The lowest BCUT2D eigenvalue weighted by Crippen LogP contribution is -2.56. The molecule has 276 valence electrons. The molecule has 52 heavy (non-hydrogen) atoms. The van der Waals surface area contributed by atoms with Crippen LogP contribution in [0.1, 0.15) is 84.6 Å². The van der Waals surface area contributed by atoms with Crippen molar-refractivity contribution in [3.8, 4) is 22.8 Å². The second-order valence-corrected chi connectivity index (χ2v) is 14.0. The van der Waals surface area contributed by atoms with Crippen LogP contribution in [0.3, 0.4) is 0 Å². The molecule has 4 aromatic rings. The number of aromatic nitrogens is 4. The molecule has 3 heterocycles. The number of carbonyl (C=O) groups is 3. The number of hydrogen-bond acceptors (Lipinski definition) is 10. The largest absolute Gasteiger partial charge is 0.464 e. The summed E-state index contributed by atoms with van der Waals surface area (Å²) in [5, 5.41) is 16.1. The van der Waals surface area contributed by atoms with Gasteiger partial charge >= 0.3 is 12.2 Å². The Kier molecular flexibility index (Phi) is 13.0. The number of likely N-dealkylation sites (tertiary alicyclic amines) is 1. The Labute approximate surface area is 304 Å². The number of carboxylic acid groups (broad SMARTS) is 1. The van der Waals surface area contributed by atoms with Gasteiger partial charge in [-0.05, 0) is 95.3 Å². The summed E-state index contributed by atoms with van der Waals surface area (Å²) in [6.07, 6.45) is 9.98. The maximum atomic E-state index is 13.4. The summed E-state index contributed by atoms with van der Waals surface area (Å²) < 4.78 is 13.5. The number of allylic oxidation sites excluding steroid dienone is 2. The fraction of sp³-hybridized carbons (Fsp3) is 0.436. The average molecular weight is 712 g/mol. The molecule has 13 heteroatoms. The highest BCUT2D eigenvalue weighted by Gasteiger charge is 2.39. The predicted octanol–water partition coefficient (Wildman–Crippen LogP) is 8.23. The van der Waals surface area contributed by atoms with E-state index in [0.29, 0.717) is 47.8 Å². The van der Waals surface area contributed by atoms with Gasteiger partial charge in [0.15, 0.2) is 5.65 Å². The molecule has 2 atom stereocenters. The van der Waals surface area contributed by atoms with Gasteiger partial charge in [-0.3, -0.25) is 9.69 Å². The van der Waals surface area contributed by atoms with E-state index in [2.05, 4.69) is 14.9 Å². The van der Waals surface area contributed by atoms with Crippen LogP contribution in [0.4, 0.5) is 15.4 Å². The number of imide groups is 1. The lowest BCUT2D eigenvalue weighted by molar-refractivity contribution is -0.104. The van der Waals surface area contributed by atoms with Gasteiger partial charge in [-0.15, -0.1) is 0 Å². The summed E-state index contributed by atoms with van der Waals surface area (Å²) in [4.78, 5) is 48.4. The van der Waals surface area contributed by atoms with Crippen molar-refractivity contribution in [1.82, 2.24) is 29.5 Å². The average Bonchev–Trinajstić information content (AvgIpc) is 3.51. The van der Waals surface area contributed by atoms with Crippen LogP contribution in [0.25, 0.3) is 22.3 Å². The predicted molar refractivity (Wildman–Crippen MR) is 199 cm³/mol. The fourth-order valence-electron chi connectivity index (χ4n) is 6.60. The van der Waals surface area contributed by atoms with Crippen LogP contribution >= 0.6 is 0 Å². The number of nitrogen functional groups attached to an aromatic ring is 1. The van der Waals surface area contributed by atoms with Crippen LogP contribution in [-0.2, 0) is 9.53 Å². The third-order valence-electron chi connectivity index (χ3n) is 8.96. The SMILES string of the molecule is CC(C)(C)OC(=O)N(C(=O)O)C(CCCCCCCC=CC=O)N1CCC[C@@H](n2nc(-c3ccc(Oc4ccccc4)cc3)c3c(N)ncnc32)C1. The molecule has 0 bridgehead atoms. The number of carbonyl (C=O) groups excluding carboxylic acids is 2. The number of unbranched alkanes of at least 4 members (excludes halogenated alkanes) is 5. The van der Waals surface area contributed by atoms with Gasteiger partial charge < -0.3 is 20.3 Å². The number of benzene rings is 2. The van der Waals surface area contributed by atoms with Gasteiger partial charge in [0.1, 0.15) is 41.2 Å². The van der Waals surface area contributed by atoms with E-state index < -0.39 is 24.0 Å². The molecule has 2 aromatic carbocycles. The monoisotopic (exact) mass is 711 g/mol. The zero-order valence-corrected chi connectivity index (χ0v) is 30.2. The Hall–Kier alpha value is -5.30. The number of anilines is 1. The quantitative estimate of drug-likeness (QED) is 0.0693. The number of aldehydes is 1. The Bertz CT molecular complexity index is 1820. The van der Waals surface area contributed by atoms with Crippen LogP contribution in [-0.4, -0.2) is 78.0 Å². The standard InChI is InChI=1S/C39H49N7O6/c1-39(2,3)52-38(50)45(37(48)49)32(19-13-8-6-4-5-7-9-14-25-47)44-24-15-16-29(26-44)46-36-33(35(40)41-27-42-36)34(43-46)28-20-22-31(23-21-28)51-30-17-11-10-12-18-30/h9-12,14,17-18,20-23,25,27,29,32H,4-8,13,15-16,19,24,26H2,1-3H3,(H,48,49)(H2,40,41,42)/t29-,32?/m1/s1. The molecule has 1 aliphatic heterocycles. The molecular formula is C39H49N7O6. The molecule has 0 radical (unpaired) electrons. The molecule has 1 fully saturated rings. The van der Waals surface area contributed by atoms with Crippen LogP contribution in [0.15, 0.2) is 73.1 Å². The molecule has 13 nitrogen and oxygen atoms in total. The summed E-state index contributed by atoms with van der Waals surface area (Å²) in [7, 11) is 0. The van der Waals surface area contributed by atoms with Gasteiger partial charge in [0.25, 0.3) is 0 Å². The number of ether oxygens (including phenoxy) is 2. The Morgan fingerprint density at radius 2 is 1.73 bits per heavy atom. The Morgan fingerprint density at radius 3 is 2.44 bits per heavy atom. The molecule has 1 unspecified atom stereocenters. The van der Waals surface area contributed by atoms with E-state index in [1.807, 2.05) is 65.4 Å². The summed E-state index contributed by atoms with van der Waals surface area (Å²) in [5.74, 6) is 1.72. The van der Waals surface area contributed by atoms with Crippen LogP contribution in [0.2, 0.25) is 0 Å². The van der Waals surface area contributed by atoms with E-state index in [4.69, 9.17) is 20.3 Å². The second kappa shape index (κ2) is 17.8. The number of fused-ring (bicyclic) bond motifs is 1. The first-order chi connectivity index (χ1) is 25.1. The number of nitrogens with two attached hydrogens (primary N) is 1. The van der Waals surface area contributed by atoms with Crippen molar-refractivity contribution >= 4 is 35.3 Å². The molecule has 5 rings (SSSR count). The van der Waals surface area contributed by atoms with E-state index in [-0.39, 0.29) is 6.04 Å². The number of amides is 2. The van der Waals surface area contributed by atoms with E-state index >= 15 is 0 Å².